The minimum Gasteiger partial charge on any atom is -0.463 e. The first-order valence-electron chi connectivity index (χ1n) is 12.5. The number of likely N-dealkylation sites (tertiary alicyclic amines) is 1. The summed E-state index contributed by atoms with van der Waals surface area (Å²) in [6, 6.07) is -0.871. The number of nitrogens with zero attached hydrogens (tertiary/aromatic N) is 2. The molecule has 0 radical (unpaired) electrons. The molecule has 0 bridgehead atoms. The summed E-state index contributed by atoms with van der Waals surface area (Å²) in [4.78, 5) is 42.9. The number of hydrogen-bond acceptors (Lipinski definition) is 5. The molecule has 2 unspecified atom stereocenters. The predicted molar refractivity (Wildman–Crippen MR) is 133 cm³/mol. The van der Waals surface area contributed by atoms with E-state index in [1.807, 2.05) is 27.7 Å². The van der Waals surface area contributed by atoms with Crippen LogP contribution in [0.15, 0.2) is 11.6 Å². The van der Waals surface area contributed by atoms with Crippen LogP contribution in [0.5, 0.6) is 0 Å². The molecule has 0 spiro atoms. The van der Waals surface area contributed by atoms with Crippen molar-refractivity contribution in [2.24, 2.45) is 17.8 Å². The summed E-state index contributed by atoms with van der Waals surface area (Å²) < 4.78 is 5.09. The highest BCUT2D eigenvalue weighted by molar-refractivity contribution is 5.91. The highest BCUT2D eigenvalue weighted by Crippen LogP contribution is 2.24. The third-order valence-corrected chi connectivity index (χ3v) is 6.55. The van der Waals surface area contributed by atoms with E-state index >= 15 is 0 Å². The Bertz CT molecular complexity index is 702. The second kappa shape index (κ2) is 13.1. The smallest absolute Gasteiger partial charge is 0.333 e. The fourth-order valence-electron chi connectivity index (χ4n) is 4.49. The molecule has 7 heteroatoms. The largest absolute Gasteiger partial charge is 0.463 e. The highest BCUT2D eigenvalue weighted by Gasteiger charge is 2.37. The van der Waals surface area contributed by atoms with Crippen LogP contribution in [0.3, 0.4) is 0 Å². The molecule has 0 aromatic rings. The Morgan fingerprint density at radius 3 is 2.18 bits per heavy atom. The number of likely N-dealkylation sites (N-methyl/N-ethyl adjacent to an activating group) is 1. The molecule has 190 valence electrons. The fourth-order valence-corrected chi connectivity index (χ4v) is 4.49. The number of ether oxygens (including phenoxy) is 1. The van der Waals surface area contributed by atoms with Crippen molar-refractivity contribution in [2.45, 2.75) is 99.3 Å². The van der Waals surface area contributed by atoms with E-state index in [0.717, 1.165) is 19.4 Å². The van der Waals surface area contributed by atoms with E-state index in [4.69, 9.17) is 4.74 Å². The van der Waals surface area contributed by atoms with Gasteiger partial charge in [0.15, 0.2) is 0 Å². The van der Waals surface area contributed by atoms with Gasteiger partial charge in [0.25, 0.3) is 0 Å². The summed E-state index contributed by atoms with van der Waals surface area (Å²) in [5.41, 5.74) is 0.476. The van der Waals surface area contributed by atoms with Crippen LogP contribution in [0.2, 0.25) is 0 Å². The van der Waals surface area contributed by atoms with Gasteiger partial charge in [0, 0.05) is 25.2 Å². The number of esters is 1. The van der Waals surface area contributed by atoms with Gasteiger partial charge in [-0.25, -0.2) is 4.79 Å². The zero-order valence-electron chi connectivity index (χ0n) is 22.5. The third kappa shape index (κ3) is 8.13. The number of nitrogens with one attached hydrogen (secondary N) is 1. The molecule has 0 aromatic heterocycles. The minimum absolute atomic E-state index is 0.0677. The lowest BCUT2D eigenvalue weighted by Gasteiger charge is -2.41. The van der Waals surface area contributed by atoms with Gasteiger partial charge in [0.1, 0.15) is 6.04 Å². The van der Waals surface area contributed by atoms with Crippen LogP contribution in [0, 0.1) is 17.8 Å². The Kier molecular flexibility index (Phi) is 11.6. The zero-order valence-corrected chi connectivity index (χ0v) is 22.5. The Morgan fingerprint density at radius 2 is 1.70 bits per heavy atom. The van der Waals surface area contributed by atoms with E-state index in [0.29, 0.717) is 18.1 Å². The first-order valence-corrected chi connectivity index (χ1v) is 12.5. The maximum Gasteiger partial charge on any atom is 0.333 e. The first kappa shape index (κ1) is 29.1. The summed E-state index contributed by atoms with van der Waals surface area (Å²) in [6.07, 6.45) is 3.60. The van der Waals surface area contributed by atoms with Crippen molar-refractivity contribution in [1.82, 2.24) is 15.1 Å². The maximum atomic E-state index is 13.5. The third-order valence-electron chi connectivity index (χ3n) is 6.55. The van der Waals surface area contributed by atoms with Gasteiger partial charge in [-0.3, -0.25) is 14.5 Å². The number of amides is 2. The van der Waals surface area contributed by atoms with Crippen LogP contribution in [0.4, 0.5) is 0 Å². The van der Waals surface area contributed by atoms with Crippen LogP contribution in [-0.4, -0.2) is 72.0 Å². The van der Waals surface area contributed by atoms with E-state index in [9.17, 15) is 14.4 Å². The van der Waals surface area contributed by atoms with E-state index < -0.39 is 6.04 Å². The molecule has 1 rings (SSSR count). The zero-order chi connectivity index (χ0) is 25.5. The van der Waals surface area contributed by atoms with Crippen LogP contribution in [-0.2, 0) is 19.1 Å². The molecule has 0 aliphatic carbocycles. The van der Waals surface area contributed by atoms with Gasteiger partial charge in [-0.05, 0) is 58.3 Å². The molecule has 1 saturated heterocycles. The second-order valence-corrected chi connectivity index (χ2v) is 10.5. The molecule has 1 aliphatic heterocycles. The topological polar surface area (TPSA) is 79.0 Å². The van der Waals surface area contributed by atoms with Crippen LogP contribution in [0.1, 0.15) is 75.2 Å². The molecule has 33 heavy (non-hydrogen) atoms. The van der Waals surface area contributed by atoms with E-state index in [1.165, 1.54) is 0 Å². The average molecular weight is 466 g/mol. The minimum atomic E-state index is -0.631. The van der Waals surface area contributed by atoms with Gasteiger partial charge >= 0.3 is 5.97 Å². The average Bonchev–Trinajstić information content (AvgIpc) is 2.73. The van der Waals surface area contributed by atoms with Gasteiger partial charge in [-0.2, -0.15) is 0 Å². The molecule has 1 N–H and O–H groups in total. The Balaban J connectivity index is 3.07. The van der Waals surface area contributed by atoms with E-state index in [-0.39, 0.29) is 47.7 Å². The Labute approximate surface area is 201 Å². The summed E-state index contributed by atoms with van der Waals surface area (Å²) in [7, 11) is 1.74. The standard InChI is InChI=1S/C26H47N3O4/c1-11-33-26(32)20(9)14-22(16(2)3)28(10)25(31)23(17(4)5)27-24(30)21-13-12-19(8)15-29(21)18(6)7/h14,16-19,21-23H,11-13,15H2,1-10H3,(H,27,30)/b20-14+/t19-,21?,22+,23?/m0/s1. The molecular formula is C26H47N3O4. The van der Waals surface area contributed by atoms with Gasteiger partial charge < -0.3 is 15.0 Å². The van der Waals surface area contributed by atoms with E-state index in [1.54, 1.807) is 31.9 Å². The van der Waals surface area contributed by atoms with Crippen molar-refractivity contribution < 1.29 is 19.1 Å². The lowest BCUT2D eigenvalue weighted by atomic mass is 9.91. The van der Waals surface area contributed by atoms with Crippen molar-refractivity contribution in [3.63, 3.8) is 0 Å². The second-order valence-electron chi connectivity index (χ2n) is 10.5. The molecule has 4 atom stereocenters. The van der Waals surface area contributed by atoms with Crippen LogP contribution >= 0.6 is 0 Å². The predicted octanol–water partition coefficient (Wildman–Crippen LogP) is 3.63. The first-order chi connectivity index (χ1) is 15.3. The lowest BCUT2D eigenvalue weighted by molar-refractivity contribution is -0.140. The Hall–Kier alpha value is -1.89. The monoisotopic (exact) mass is 465 g/mol. The normalized spacial score (nSPS) is 21.8. The Morgan fingerprint density at radius 1 is 1.09 bits per heavy atom. The van der Waals surface area contributed by atoms with Crippen LogP contribution < -0.4 is 5.32 Å². The number of hydrogen-bond donors (Lipinski definition) is 1. The number of rotatable bonds is 10. The van der Waals surface area contributed by atoms with E-state index in [2.05, 4.69) is 31.0 Å². The van der Waals surface area contributed by atoms with Crippen molar-refractivity contribution >= 4 is 17.8 Å². The summed E-state index contributed by atoms with van der Waals surface area (Å²) in [5.74, 6) is -0.0186. The molecule has 0 aromatic carbocycles. The van der Waals surface area contributed by atoms with Crippen molar-refractivity contribution in [3.05, 3.63) is 11.6 Å². The van der Waals surface area contributed by atoms with Crippen molar-refractivity contribution in [3.8, 4) is 0 Å². The highest BCUT2D eigenvalue weighted by atomic mass is 16.5. The number of piperidine rings is 1. The SMILES string of the molecule is CCOC(=O)/C(C)=C/[C@H](C(C)C)N(C)C(=O)C(NC(=O)C1CC[C@H](C)CN1C(C)C)C(C)C. The summed E-state index contributed by atoms with van der Waals surface area (Å²) in [5, 5.41) is 3.07. The quantitative estimate of drug-likeness (QED) is 0.394. The number of carbonyl (C=O) groups is 3. The molecule has 2 amide bonds. The van der Waals surface area contributed by atoms with Crippen LogP contribution in [0.25, 0.3) is 0 Å². The molecule has 1 fully saturated rings. The van der Waals surface area contributed by atoms with Gasteiger partial charge in [-0.1, -0.05) is 40.7 Å². The van der Waals surface area contributed by atoms with Gasteiger partial charge in [0.2, 0.25) is 11.8 Å². The van der Waals surface area contributed by atoms with Gasteiger partial charge in [-0.15, -0.1) is 0 Å². The lowest BCUT2D eigenvalue weighted by Crippen LogP contribution is -2.59. The fraction of sp³-hybridized carbons (Fsp3) is 0.808. The molecule has 7 nitrogen and oxygen atoms in total. The van der Waals surface area contributed by atoms with Crippen molar-refractivity contribution in [1.29, 1.82) is 0 Å². The summed E-state index contributed by atoms with van der Waals surface area (Å²) >= 11 is 0. The molecular weight excluding hydrogens is 418 g/mol. The maximum absolute atomic E-state index is 13.5. The molecule has 0 saturated carbocycles. The molecule has 1 heterocycles. The number of carbonyl (C=O) groups excluding carboxylic acids is 3. The van der Waals surface area contributed by atoms with Gasteiger partial charge in [0.05, 0.1) is 18.7 Å². The van der Waals surface area contributed by atoms with Crippen molar-refractivity contribution in [2.75, 3.05) is 20.2 Å². The summed E-state index contributed by atoms with van der Waals surface area (Å²) in [6.45, 7) is 19.0. The molecule has 1 aliphatic rings.